The molecule has 0 atom stereocenters. The number of hydrogen-bond acceptors (Lipinski definition) is 6. The van der Waals surface area contributed by atoms with E-state index in [0.717, 1.165) is 5.71 Å². The van der Waals surface area contributed by atoms with Crippen LogP contribution in [0.15, 0.2) is 34.7 Å². The molecule has 3 rings (SSSR count). The highest BCUT2D eigenvalue weighted by Crippen LogP contribution is 2.25. The number of piperidine rings is 1. The number of allylic oxidation sites excluding steroid dienone is 1. The molecule has 2 N–H and O–H groups in total. The summed E-state index contributed by atoms with van der Waals surface area (Å²) in [5.74, 6) is 0.901. The molecule has 0 amide bonds. The highest BCUT2D eigenvalue weighted by atomic mass is 16.3. The molecule has 0 aromatic carbocycles. The van der Waals surface area contributed by atoms with Crippen molar-refractivity contribution in [3.63, 3.8) is 0 Å². The smallest absolute Gasteiger partial charge is 0.261 e. The van der Waals surface area contributed by atoms with Crippen molar-refractivity contribution in [1.82, 2.24) is 15.0 Å². The third kappa shape index (κ3) is 3.21. The van der Waals surface area contributed by atoms with Gasteiger partial charge in [0.2, 0.25) is 5.95 Å². The number of anilines is 1. The first kappa shape index (κ1) is 16.3. The van der Waals surface area contributed by atoms with E-state index in [1.54, 1.807) is 18.3 Å². The van der Waals surface area contributed by atoms with Crippen LogP contribution in [0.25, 0.3) is 10.9 Å². The molecule has 126 valence electrons. The lowest BCUT2D eigenvalue weighted by molar-refractivity contribution is 0.145. The Morgan fingerprint density at radius 2 is 2.25 bits per heavy atom. The molecule has 0 bridgehead atoms. The van der Waals surface area contributed by atoms with Crippen LogP contribution in [0.5, 0.6) is 0 Å². The fourth-order valence-electron chi connectivity index (χ4n) is 2.75. The molecule has 7 nitrogen and oxygen atoms in total. The van der Waals surface area contributed by atoms with Crippen LogP contribution in [0.3, 0.4) is 0 Å². The maximum atomic E-state index is 12.2. The van der Waals surface area contributed by atoms with E-state index in [9.17, 15) is 9.90 Å². The number of aromatic nitrogens is 3. The quantitative estimate of drug-likeness (QED) is 0.837. The van der Waals surface area contributed by atoms with Crippen LogP contribution in [0.1, 0.15) is 26.2 Å². The van der Waals surface area contributed by atoms with Crippen LogP contribution in [0.2, 0.25) is 0 Å². The van der Waals surface area contributed by atoms with Gasteiger partial charge in [0.25, 0.3) is 5.56 Å². The Kier molecular flexibility index (Phi) is 4.71. The molecule has 0 aliphatic carbocycles. The first-order chi connectivity index (χ1) is 11.6. The van der Waals surface area contributed by atoms with E-state index >= 15 is 0 Å². The molecule has 0 radical (unpaired) electrons. The van der Waals surface area contributed by atoms with Crippen molar-refractivity contribution < 1.29 is 5.11 Å². The summed E-state index contributed by atoms with van der Waals surface area (Å²) in [6.45, 7) is 7.09. The van der Waals surface area contributed by atoms with E-state index in [2.05, 4.69) is 26.5 Å². The zero-order valence-electron chi connectivity index (χ0n) is 13.7. The van der Waals surface area contributed by atoms with Gasteiger partial charge in [-0.15, -0.1) is 0 Å². The molecule has 1 aliphatic heterocycles. The number of nitrogens with one attached hydrogen (secondary N) is 1. The van der Waals surface area contributed by atoms with Crippen molar-refractivity contribution in [3.05, 3.63) is 35.3 Å². The summed E-state index contributed by atoms with van der Waals surface area (Å²) < 4.78 is 0. The van der Waals surface area contributed by atoms with Gasteiger partial charge < -0.3 is 15.0 Å². The Morgan fingerprint density at radius 3 is 2.92 bits per heavy atom. The number of fused-ring (bicyclic) bond motifs is 1. The number of aliphatic imine (C=N–C) groups is 1. The molecule has 0 saturated carbocycles. The zero-order valence-corrected chi connectivity index (χ0v) is 13.7. The van der Waals surface area contributed by atoms with Crippen molar-refractivity contribution >= 4 is 28.4 Å². The topological polar surface area (TPSA) is 94.5 Å². The van der Waals surface area contributed by atoms with Crippen molar-refractivity contribution in [2.75, 3.05) is 18.0 Å². The van der Waals surface area contributed by atoms with Crippen LogP contribution in [-0.2, 0) is 0 Å². The van der Waals surface area contributed by atoms with Crippen LogP contribution in [0.4, 0.5) is 11.8 Å². The minimum atomic E-state index is -0.269. The summed E-state index contributed by atoms with van der Waals surface area (Å²) in [5, 5.41) is 10.1. The molecule has 24 heavy (non-hydrogen) atoms. The van der Waals surface area contributed by atoms with Gasteiger partial charge in [0.15, 0.2) is 5.82 Å². The van der Waals surface area contributed by atoms with Crippen LogP contribution < -0.4 is 10.5 Å². The van der Waals surface area contributed by atoms with E-state index in [1.807, 2.05) is 11.8 Å². The van der Waals surface area contributed by atoms with Gasteiger partial charge in [0.1, 0.15) is 5.39 Å². The van der Waals surface area contributed by atoms with Gasteiger partial charge in [-0.1, -0.05) is 13.5 Å². The highest BCUT2D eigenvalue weighted by Gasteiger charge is 2.21. The second-order valence-electron chi connectivity index (χ2n) is 5.79. The second-order valence-corrected chi connectivity index (χ2v) is 5.79. The van der Waals surface area contributed by atoms with Gasteiger partial charge in [-0.05, 0) is 31.4 Å². The largest absolute Gasteiger partial charge is 0.393 e. The number of rotatable bonds is 4. The summed E-state index contributed by atoms with van der Waals surface area (Å²) >= 11 is 0. The number of pyridine rings is 1. The lowest BCUT2D eigenvalue weighted by Gasteiger charge is -2.29. The maximum Gasteiger partial charge on any atom is 0.261 e. The Morgan fingerprint density at radius 1 is 1.50 bits per heavy atom. The predicted octanol–water partition coefficient (Wildman–Crippen LogP) is 1.95. The number of aromatic amines is 1. The van der Waals surface area contributed by atoms with Crippen LogP contribution in [0, 0.1) is 0 Å². The van der Waals surface area contributed by atoms with Crippen molar-refractivity contribution in [2.45, 2.75) is 32.3 Å². The van der Waals surface area contributed by atoms with Crippen LogP contribution in [-0.4, -0.2) is 45.0 Å². The van der Waals surface area contributed by atoms with E-state index in [0.29, 0.717) is 55.0 Å². The van der Waals surface area contributed by atoms with Gasteiger partial charge in [-0.3, -0.25) is 4.79 Å². The zero-order chi connectivity index (χ0) is 17.1. The Labute approximate surface area is 139 Å². The second kappa shape index (κ2) is 6.92. The third-order valence-corrected chi connectivity index (χ3v) is 4.18. The first-order valence-corrected chi connectivity index (χ1v) is 8.14. The molecule has 3 heterocycles. The predicted molar refractivity (Wildman–Crippen MR) is 95.2 cm³/mol. The third-order valence-electron chi connectivity index (χ3n) is 4.18. The molecular weight excluding hydrogens is 306 g/mol. The minimum Gasteiger partial charge on any atom is -0.393 e. The number of aliphatic hydroxyl groups is 1. The number of hydrogen-bond donors (Lipinski definition) is 2. The maximum absolute atomic E-state index is 12.2. The van der Waals surface area contributed by atoms with E-state index < -0.39 is 0 Å². The van der Waals surface area contributed by atoms with Crippen molar-refractivity contribution in [1.29, 1.82) is 0 Å². The van der Waals surface area contributed by atoms with Gasteiger partial charge in [-0.25, -0.2) is 9.98 Å². The Hall–Kier alpha value is -2.54. The summed E-state index contributed by atoms with van der Waals surface area (Å²) in [6.07, 6.45) is 5.04. The fourth-order valence-corrected chi connectivity index (χ4v) is 2.75. The fraction of sp³-hybridized carbons (Fsp3) is 0.412. The standard InChI is InChI=1S/C17H21N5O2/c1-3-11(4-2)19-15-14-13(5-8-18-16(14)24)20-17(21-15)22-9-6-12(23)7-10-22/h3,5,8,12,23H,1,4,6-7,9-10H2,2H3,(H,18,24). The summed E-state index contributed by atoms with van der Waals surface area (Å²) in [5.41, 5.74) is 1.07. The summed E-state index contributed by atoms with van der Waals surface area (Å²) in [7, 11) is 0. The first-order valence-electron chi connectivity index (χ1n) is 8.14. The molecule has 7 heteroatoms. The Bertz CT molecular complexity index is 834. The molecule has 2 aromatic rings. The van der Waals surface area contributed by atoms with Crippen molar-refractivity contribution in [3.8, 4) is 0 Å². The summed E-state index contributed by atoms with van der Waals surface area (Å²) in [6, 6.07) is 1.75. The monoisotopic (exact) mass is 327 g/mol. The lowest BCUT2D eigenvalue weighted by Crippen LogP contribution is -2.36. The molecule has 1 aliphatic rings. The van der Waals surface area contributed by atoms with Crippen molar-refractivity contribution in [2.24, 2.45) is 4.99 Å². The van der Waals surface area contributed by atoms with E-state index in [4.69, 9.17) is 0 Å². The van der Waals surface area contributed by atoms with Crippen LogP contribution >= 0.6 is 0 Å². The lowest BCUT2D eigenvalue weighted by atomic mass is 10.1. The highest BCUT2D eigenvalue weighted by molar-refractivity contribution is 5.99. The molecular formula is C17H21N5O2. The van der Waals surface area contributed by atoms with E-state index in [1.165, 1.54) is 0 Å². The van der Waals surface area contributed by atoms with Gasteiger partial charge in [0, 0.05) is 25.0 Å². The normalized spacial score (nSPS) is 16.6. The van der Waals surface area contributed by atoms with E-state index in [-0.39, 0.29) is 11.7 Å². The number of H-pyrrole nitrogens is 1. The minimum absolute atomic E-state index is 0.258. The van der Waals surface area contributed by atoms with Gasteiger partial charge in [-0.2, -0.15) is 4.98 Å². The average Bonchev–Trinajstić information content (AvgIpc) is 2.60. The summed E-state index contributed by atoms with van der Waals surface area (Å²) in [4.78, 5) is 30.4. The number of nitrogens with zero attached hydrogens (tertiary/aromatic N) is 4. The Balaban J connectivity index is 2.14. The molecule has 0 unspecified atom stereocenters. The van der Waals surface area contributed by atoms with Gasteiger partial charge in [0.05, 0.1) is 11.6 Å². The molecule has 2 aromatic heterocycles. The average molecular weight is 327 g/mol. The SMILES string of the molecule is C=CC(CC)=Nc1nc(N2CCC(O)CC2)nc2cc[nH]c(=O)c12. The molecule has 0 spiro atoms. The number of aliphatic hydroxyl groups excluding tert-OH is 1. The molecule has 1 fully saturated rings. The van der Waals surface area contributed by atoms with Gasteiger partial charge >= 0.3 is 0 Å². The molecule has 1 saturated heterocycles.